The summed E-state index contributed by atoms with van der Waals surface area (Å²) in [4.78, 5) is 0. The number of nitrogens with one attached hydrogen (secondary N) is 1. The van der Waals surface area contributed by atoms with Crippen LogP contribution < -0.4 is 10.1 Å². The lowest BCUT2D eigenvalue weighted by Crippen LogP contribution is -2.13. The van der Waals surface area contributed by atoms with Gasteiger partial charge in [0.1, 0.15) is 12.4 Å². The van der Waals surface area contributed by atoms with Crippen molar-refractivity contribution in [3.8, 4) is 5.75 Å². The third-order valence-corrected chi connectivity index (χ3v) is 3.95. The molecule has 0 saturated carbocycles. The lowest BCUT2D eigenvalue weighted by atomic mass is 9.86. The molecule has 0 aliphatic rings. The maximum Gasteiger partial charge on any atom is 0.205 e. The Morgan fingerprint density at radius 2 is 2.00 bits per heavy atom. The number of ether oxygens (including phenoxy) is 1. The summed E-state index contributed by atoms with van der Waals surface area (Å²) in [5.41, 5.74) is 2.46. The molecule has 2 rings (SSSR count). The van der Waals surface area contributed by atoms with E-state index in [0.717, 1.165) is 22.4 Å². The number of rotatable bonds is 5. The molecule has 1 heterocycles. The van der Waals surface area contributed by atoms with Gasteiger partial charge in [0, 0.05) is 6.54 Å². The fourth-order valence-corrected chi connectivity index (χ4v) is 2.76. The van der Waals surface area contributed by atoms with Gasteiger partial charge in [-0.3, -0.25) is 0 Å². The minimum atomic E-state index is 0.0547. The van der Waals surface area contributed by atoms with Gasteiger partial charge < -0.3 is 10.1 Å². The zero-order valence-corrected chi connectivity index (χ0v) is 14.2. The second-order valence-corrected chi connectivity index (χ2v) is 7.13. The average Bonchev–Trinajstić information content (AvgIpc) is 2.83. The molecular weight excluding hydrogens is 282 g/mol. The normalized spacial score (nSPS) is 11.5. The highest BCUT2D eigenvalue weighted by Crippen LogP contribution is 2.32. The van der Waals surface area contributed by atoms with E-state index in [4.69, 9.17) is 4.74 Å². The first-order valence-electron chi connectivity index (χ1n) is 7.20. The molecule has 21 heavy (non-hydrogen) atoms. The van der Waals surface area contributed by atoms with Crippen LogP contribution in [-0.2, 0) is 12.0 Å². The third-order valence-electron chi connectivity index (χ3n) is 3.09. The van der Waals surface area contributed by atoms with Crippen LogP contribution in [0.4, 0.5) is 5.13 Å². The zero-order valence-electron chi connectivity index (χ0n) is 13.4. The van der Waals surface area contributed by atoms with Crippen molar-refractivity contribution in [3.05, 3.63) is 34.3 Å². The molecule has 0 amide bonds. The molecule has 1 aromatic heterocycles. The number of hydrogen-bond donors (Lipinski definition) is 1. The molecule has 0 aliphatic heterocycles. The fraction of sp³-hybridized carbons (Fsp3) is 0.500. The molecule has 2 aromatic rings. The zero-order chi connectivity index (χ0) is 15.5. The van der Waals surface area contributed by atoms with Gasteiger partial charge in [-0.1, -0.05) is 44.2 Å². The Bertz CT molecular complexity index is 602. The van der Waals surface area contributed by atoms with E-state index in [0.29, 0.717) is 6.61 Å². The van der Waals surface area contributed by atoms with Gasteiger partial charge in [0.05, 0.1) is 0 Å². The molecule has 0 atom stereocenters. The summed E-state index contributed by atoms with van der Waals surface area (Å²) in [5, 5.41) is 13.1. The van der Waals surface area contributed by atoms with Crippen LogP contribution in [0.15, 0.2) is 18.2 Å². The van der Waals surface area contributed by atoms with Gasteiger partial charge in [-0.25, -0.2) is 0 Å². The second-order valence-electron chi connectivity index (χ2n) is 6.07. The predicted octanol–water partition coefficient (Wildman–Crippen LogP) is 4.15. The highest BCUT2D eigenvalue weighted by atomic mass is 32.1. The van der Waals surface area contributed by atoms with Crippen molar-refractivity contribution in [1.82, 2.24) is 10.2 Å². The fourth-order valence-electron chi connectivity index (χ4n) is 2.04. The van der Waals surface area contributed by atoms with Crippen molar-refractivity contribution < 1.29 is 4.74 Å². The lowest BCUT2D eigenvalue weighted by Gasteiger charge is -2.23. The van der Waals surface area contributed by atoms with E-state index in [1.54, 1.807) is 0 Å². The van der Waals surface area contributed by atoms with Crippen LogP contribution in [0.2, 0.25) is 0 Å². The molecule has 1 aromatic carbocycles. The quantitative estimate of drug-likeness (QED) is 0.901. The van der Waals surface area contributed by atoms with Crippen LogP contribution in [-0.4, -0.2) is 16.7 Å². The molecule has 1 N–H and O–H groups in total. The minimum absolute atomic E-state index is 0.0547. The molecule has 0 bridgehead atoms. The first-order valence-corrected chi connectivity index (χ1v) is 8.02. The van der Waals surface area contributed by atoms with E-state index in [9.17, 15) is 0 Å². The number of nitrogens with zero attached hydrogens (tertiary/aromatic N) is 2. The molecule has 0 saturated heterocycles. The third kappa shape index (κ3) is 4.17. The summed E-state index contributed by atoms with van der Waals surface area (Å²) in [5.74, 6) is 0.933. The van der Waals surface area contributed by atoms with E-state index >= 15 is 0 Å². The van der Waals surface area contributed by atoms with Crippen molar-refractivity contribution in [2.75, 3.05) is 11.9 Å². The van der Waals surface area contributed by atoms with Crippen molar-refractivity contribution in [1.29, 1.82) is 0 Å². The summed E-state index contributed by atoms with van der Waals surface area (Å²) in [7, 11) is 0. The summed E-state index contributed by atoms with van der Waals surface area (Å²) < 4.78 is 6.00. The highest BCUT2D eigenvalue weighted by Gasteiger charge is 2.19. The van der Waals surface area contributed by atoms with Crippen LogP contribution in [0.25, 0.3) is 0 Å². The van der Waals surface area contributed by atoms with E-state index in [-0.39, 0.29) is 5.41 Å². The van der Waals surface area contributed by atoms with Gasteiger partial charge in [-0.05, 0) is 36.5 Å². The van der Waals surface area contributed by atoms with Gasteiger partial charge in [0.15, 0.2) is 5.01 Å². The van der Waals surface area contributed by atoms with Crippen molar-refractivity contribution in [2.24, 2.45) is 0 Å². The summed E-state index contributed by atoms with van der Waals surface area (Å²) in [6, 6.07) is 6.36. The van der Waals surface area contributed by atoms with Crippen molar-refractivity contribution in [3.63, 3.8) is 0 Å². The molecule has 114 valence electrons. The second kappa shape index (κ2) is 6.43. The van der Waals surface area contributed by atoms with Gasteiger partial charge in [-0.15, -0.1) is 10.2 Å². The van der Waals surface area contributed by atoms with Gasteiger partial charge in [-0.2, -0.15) is 0 Å². The first-order chi connectivity index (χ1) is 9.90. The Balaban J connectivity index is 2.13. The Morgan fingerprint density at radius 1 is 1.24 bits per heavy atom. The Labute approximate surface area is 130 Å². The van der Waals surface area contributed by atoms with Gasteiger partial charge >= 0.3 is 0 Å². The van der Waals surface area contributed by atoms with E-state index in [1.165, 1.54) is 22.5 Å². The summed E-state index contributed by atoms with van der Waals surface area (Å²) in [6.45, 7) is 12.0. The molecule has 0 radical (unpaired) electrons. The van der Waals surface area contributed by atoms with Crippen LogP contribution >= 0.6 is 11.3 Å². The molecule has 0 aliphatic carbocycles. The predicted molar refractivity (Wildman–Crippen MR) is 88.3 cm³/mol. The topological polar surface area (TPSA) is 47.0 Å². The first kappa shape index (κ1) is 15.8. The van der Waals surface area contributed by atoms with Crippen molar-refractivity contribution in [2.45, 2.75) is 46.6 Å². The van der Waals surface area contributed by atoms with Gasteiger partial charge in [0.25, 0.3) is 0 Å². The monoisotopic (exact) mass is 305 g/mol. The van der Waals surface area contributed by atoms with Crippen LogP contribution in [0.5, 0.6) is 5.75 Å². The largest absolute Gasteiger partial charge is 0.486 e. The van der Waals surface area contributed by atoms with Crippen LogP contribution in [0, 0.1) is 6.92 Å². The summed E-state index contributed by atoms with van der Waals surface area (Å²) in [6.07, 6.45) is 0. The maximum atomic E-state index is 6.00. The van der Waals surface area contributed by atoms with Crippen molar-refractivity contribution >= 4 is 16.5 Å². The number of hydrogen-bond acceptors (Lipinski definition) is 5. The minimum Gasteiger partial charge on any atom is -0.486 e. The molecule has 4 nitrogen and oxygen atoms in total. The standard InChI is InChI=1S/C16H23N3OS/c1-6-17-15-19-18-14(21-15)10-20-13-9-11(2)7-8-12(13)16(3,4)5/h7-9H,6,10H2,1-5H3,(H,17,19). The molecule has 0 fully saturated rings. The Morgan fingerprint density at radius 3 is 2.67 bits per heavy atom. The SMILES string of the molecule is CCNc1nnc(COc2cc(C)ccc2C(C)(C)C)s1. The molecule has 5 heteroatoms. The Hall–Kier alpha value is -1.62. The van der Waals surface area contributed by atoms with Gasteiger partial charge in [0.2, 0.25) is 5.13 Å². The lowest BCUT2D eigenvalue weighted by molar-refractivity contribution is 0.296. The van der Waals surface area contributed by atoms with E-state index in [2.05, 4.69) is 61.4 Å². The molecular formula is C16H23N3OS. The van der Waals surface area contributed by atoms with E-state index < -0.39 is 0 Å². The smallest absolute Gasteiger partial charge is 0.205 e. The van der Waals surface area contributed by atoms with E-state index in [1.807, 2.05) is 6.92 Å². The number of anilines is 1. The average molecular weight is 305 g/mol. The molecule has 0 unspecified atom stereocenters. The van der Waals surface area contributed by atoms with Crippen LogP contribution in [0.3, 0.4) is 0 Å². The number of aromatic nitrogens is 2. The highest BCUT2D eigenvalue weighted by molar-refractivity contribution is 7.15. The maximum absolute atomic E-state index is 6.00. The Kier molecular flexibility index (Phi) is 4.83. The van der Waals surface area contributed by atoms with Crippen LogP contribution in [0.1, 0.15) is 43.8 Å². The summed E-state index contributed by atoms with van der Waals surface area (Å²) >= 11 is 1.54. The number of benzene rings is 1. The molecule has 0 spiro atoms. The number of aryl methyl sites for hydroxylation is 1.